The van der Waals surface area contributed by atoms with Crippen molar-refractivity contribution in [1.29, 1.82) is 0 Å². The number of rotatable bonds is 7. The molecular formula is C31H36F6N4O3. The summed E-state index contributed by atoms with van der Waals surface area (Å²) in [5, 5.41) is 6.07. The van der Waals surface area contributed by atoms with Gasteiger partial charge in [-0.25, -0.2) is 4.79 Å². The Labute approximate surface area is 251 Å². The molecule has 2 bridgehead atoms. The molecule has 240 valence electrons. The number of nitrogens with zero attached hydrogens (tertiary/aromatic N) is 2. The number of benzene rings is 2. The monoisotopic (exact) mass is 626 g/mol. The van der Waals surface area contributed by atoms with Gasteiger partial charge in [-0.2, -0.15) is 26.3 Å². The highest BCUT2D eigenvalue weighted by molar-refractivity contribution is 5.81. The molecule has 2 aromatic carbocycles. The second kappa shape index (κ2) is 12.2. The van der Waals surface area contributed by atoms with Crippen molar-refractivity contribution >= 4 is 11.9 Å². The lowest BCUT2D eigenvalue weighted by Crippen LogP contribution is -2.74. The largest absolute Gasteiger partial charge is 0.416 e. The van der Waals surface area contributed by atoms with Gasteiger partial charge in [0.2, 0.25) is 5.91 Å². The number of nitrogens with one attached hydrogen (secondary N) is 2. The number of carbonyl (C=O) groups is 2. The molecule has 7 nitrogen and oxygen atoms in total. The molecule has 1 unspecified atom stereocenters. The van der Waals surface area contributed by atoms with E-state index in [0.29, 0.717) is 44.6 Å². The van der Waals surface area contributed by atoms with Gasteiger partial charge in [-0.1, -0.05) is 30.3 Å². The predicted molar refractivity (Wildman–Crippen MR) is 149 cm³/mol. The van der Waals surface area contributed by atoms with Crippen LogP contribution in [0.25, 0.3) is 0 Å². The van der Waals surface area contributed by atoms with Gasteiger partial charge < -0.3 is 20.3 Å². The fourth-order valence-electron chi connectivity index (χ4n) is 6.55. The fourth-order valence-corrected chi connectivity index (χ4v) is 6.55. The molecule has 2 N–H and O–H groups in total. The van der Waals surface area contributed by atoms with Crippen molar-refractivity contribution in [2.75, 3.05) is 39.3 Å². The molecule has 3 amide bonds. The van der Waals surface area contributed by atoms with Crippen molar-refractivity contribution in [2.45, 2.75) is 68.6 Å². The Balaban J connectivity index is 1.39. The topological polar surface area (TPSA) is 73.9 Å². The highest BCUT2D eigenvalue weighted by Gasteiger charge is 2.53. The van der Waals surface area contributed by atoms with Crippen molar-refractivity contribution in [2.24, 2.45) is 0 Å². The van der Waals surface area contributed by atoms with Crippen LogP contribution in [0.15, 0.2) is 48.5 Å². The number of likely N-dealkylation sites (tertiary alicyclic amines) is 1. The fraction of sp³-hybridized carbons (Fsp3) is 0.548. The Morgan fingerprint density at radius 3 is 2.23 bits per heavy atom. The van der Waals surface area contributed by atoms with Crippen molar-refractivity contribution in [3.05, 3.63) is 70.8 Å². The van der Waals surface area contributed by atoms with Crippen LogP contribution in [0.5, 0.6) is 0 Å². The molecule has 0 spiro atoms. The number of hydrogen-bond donors (Lipinski definition) is 2. The Hall–Kier alpha value is -3.32. The zero-order valence-corrected chi connectivity index (χ0v) is 24.4. The molecule has 2 aromatic rings. The average Bonchev–Trinajstić information content (AvgIpc) is 2.99. The van der Waals surface area contributed by atoms with Gasteiger partial charge in [0, 0.05) is 26.2 Å². The van der Waals surface area contributed by atoms with Crippen LogP contribution in [0.2, 0.25) is 0 Å². The molecule has 13 heteroatoms. The first-order valence-corrected chi connectivity index (χ1v) is 14.8. The number of ether oxygens (including phenoxy) is 1. The van der Waals surface area contributed by atoms with Crippen molar-refractivity contribution in [1.82, 2.24) is 20.4 Å². The summed E-state index contributed by atoms with van der Waals surface area (Å²) in [5.74, 6) is -0.246. The SMILES string of the molecule is C[C@@H](OC[C@@]1(c2ccccc2)CC[C@]2(CNC(=O)N3CCCCC3)CN1CC(=O)N2)c1cc(C(F)(F)F)cc(C(F)(F)F)c1. The van der Waals surface area contributed by atoms with E-state index in [1.54, 1.807) is 4.90 Å². The van der Waals surface area contributed by atoms with Gasteiger partial charge in [0.1, 0.15) is 0 Å². The molecular weight excluding hydrogens is 590 g/mol. The van der Waals surface area contributed by atoms with Crippen LogP contribution in [0.4, 0.5) is 31.1 Å². The van der Waals surface area contributed by atoms with E-state index in [2.05, 4.69) is 10.6 Å². The molecule has 4 atom stereocenters. The number of carbonyl (C=O) groups excluding carboxylic acids is 2. The van der Waals surface area contributed by atoms with E-state index in [4.69, 9.17) is 4.74 Å². The molecule has 0 radical (unpaired) electrons. The minimum atomic E-state index is -4.97. The number of hydrogen-bond acceptors (Lipinski definition) is 4. The van der Waals surface area contributed by atoms with Gasteiger partial charge in [0.05, 0.1) is 41.5 Å². The predicted octanol–water partition coefficient (Wildman–Crippen LogP) is 5.86. The van der Waals surface area contributed by atoms with Gasteiger partial charge in [-0.05, 0) is 68.4 Å². The van der Waals surface area contributed by atoms with E-state index < -0.39 is 40.7 Å². The van der Waals surface area contributed by atoms with Gasteiger partial charge >= 0.3 is 18.4 Å². The number of piperidine rings is 2. The van der Waals surface area contributed by atoms with Crippen LogP contribution in [-0.2, 0) is 27.4 Å². The number of halogens is 6. The quantitative estimate of drug-likeness (QED) is 0.378. The molecule has 3 fully saturated rings. The first-order valence-electron chi connectivity index (χ1n) is 14.8. The number of piperazine rings is 1. The van der Waals surface area contributed by atoms with Gasteiger partial charge in [0.25, 0.3) is 0 Å². The number of fused-ring (bicyclic) bond motifs is 2. The van der Waals surface area contributed by atoms with Crippen LogP contribution >= 0.6 is 0 Å². The Morgan fingerprint density at radius 2 is 1.61 bits per heavy atom. The van der Waals surface area contributed by atoms with E-state index in [1.807, 2.05) is 35.2 Å². The second-order valence-electron chi connectivity index (χ2n) is 12.1. The molecule has 3 aliphatic rings. The lowest BCUT2D eigenvalue weighted by atomic mass is 9.73. The number of amides is 3. The van der Waals surface area contributed by atoms with Crippen LogP contribution in [0, 0.1) is 0 Å². The third kappa shape index (κ3) is 6.83. The van der Waals surface area contributed by atoms with Crippen LogP contribution in [-0.4, -0.2) is 66.6 Å². The lowest BCUT2D eigenvalue weighted by Gasteiger charge is -2.57. The van der Waals surface area contributed by atoms with E-state index in [-0.39, 0.29) is 43.3 Å². The van der Waals surface area contributed by atoms with E-state index in [9.17, 15) is 35.9 Å². The molecule has 0 saturated carbocycles. The summed E-state index contributed by atoms with van der Waals surface area (Å²) in [7, 11) is 0. The number of urea groups is 1. The second-order valence-corrected chi connectivity index (χ2v) is 12.1. The highest BCUT2D eigenvalue weighted by atomic mass is 19.4. The van der Waals surface area contributed by atoms with E-state index >= 15 is 0 Å². The van der Waals surface area contributed by atoms with Crippen molar-refractivity contribution < 1.29 is 40.7 Å². The maximum atomic E-state index is 13.5. The molecule has 0 aliphatic carbocycles. The highest BCUT2D eigenvalue weighted by Crippen LogP contribution is 2.44. The molecule has 0 aromatic heterocycles. The zero-order valence-electron chi connectivity index (χ0n) is 24.4. The molecule has 5 rings (SSSR count). The van der Waals surface area contributed by atoms with Crippen molar-refractivity contribution in [3.63, 3.8) is 0 Å². The van der Waals surface area contributed by atoms with Gasteiger partial charge in [-0.15, -0.1) is 0 Å². The minimum absolute atomic E-state index is 0.0102. The summed E-state index contributed by atoms with van der Waals surface area (Å²) in [4.78, 5) is 29.6. The Kier molecular flexibility index (Phi) is 8.92. The normalized spacial score (nSPS) is 26.6. The number of alkyl halides is 6. The summed E-state index contributed by atoms with van der Waals surface area (Å²) in [6.45, 7) is 3.29. The smallest absolute Gasteiger partial charge is 0.372 e. The average molecular weight is 627 g/mol. The first kappa shape index (κ1) is 32.1. The van der Waals surface area contributed by atoms with Gasteiger partial charge in [0.15, 0.2) is 0 Å². The molecule has 3 heterocycles. The summed E-state index contributed by atoms with van der Waals surface area (Å²) in [5.41, 5.74) is -3.88. The summed E-state index contributed by atoms with van der Waals surface area (Å²) in [6, 6.07) is 10.5. The summed E-state index contributed by atoms with van der Waals surface area (Å²) < 4.78 is 87.2. The standard InChI is InChI=1S/C31H36F6N4O3/c1-21(22-14-24(30(32,33)34)16-25(15-22)31(35,36)37)44-20-29(23-8-4-2-5-9-23)11-10-28(19-41(29)17-26(42)39-28)18-38-27(43)40-12-6-3-7-13-40/h2,4-5,8-9,14-16,21H,3,6-7,10-13,17-20H2,1H3,(H,38,43)(H,39,42)/t21-,28+,29-/m1/s1. The van der Waals surface area contributed by atoms with Crippen molar-refractivity contribution in [3.8, 4) is 0 Å². The molecule has 3 saturated heterocycles. The van der Waals surface area contributed by atoms with Gasteiger partial charge in [-0.3, -0.25) is 9.69 Å². The minimum Gasteiger partial charge on any atom is -0.372 e. The van der Waals surface area contributed by atoms with Crippen LogP contribution < -0.4 is 10.6 Å². The first-order chi connectivity index (χ1) is 20.7. The van der Waals surface area contributed by atoms with Crippen LogP contribution in [0.3, 0.4) is 0 Å². The molecule has 44 heavy (non-hydrogen) atoms. The lowest BCUT2D eigenvalue weighted by molar-refractivity contribution is -0.143. The Morgan fingerprint density at radius 1 is 0.977 bits per heavy atom. The summed E-state index contributed by atoms with van der Waals surface area (Å²) in [6.07, 6.45) is -7.18. The maximum Gasteiger partial charge on any atom is 0.416 e. The third-order valence-electron chi connectivity index (χ3n) is 9.04. The third-order valence-corrected chi connectivity index (χ3v) is 9.04. The van der Waals surface area contributed by atoms with E-state index in [1.165, 1.54) is 6.92 Å². The maximum absolute atomic E-state index is 13.5. The molecule has 3 aliphatic heterocycles. The van der Waals surface area contributed by atoms with E-state index in [0.717, 1.165) is 24.8 Å². The summed E-state index contributed by atoms with van der Waals surface area (Å²) >= 11 is 0. The van der Waals surface area contributed by atoms with Crippen LogP contribution in [0.1, 0.15) is 67.4 Å². The zero-order chi connectivity index (χ0) is 31.8. The Bertz CT molecular complexity index is 1320.